The second kappa shape index (κ2) is 5.69. The zero-order valence-electron chi connectivity index (χ0n) is 10.4. The SMILES string of the molecule is Cc1cc(Br)cn(CC(=O)NC2CCCC2)c1=O. The Morgan fingerprint density at radius 3 is 2.83 bits per heavy atom. The topological polar surface area (TPSA) is 51.1 Å². The Hall–Kier alpha value is -1.10. The van der Waals surface area contributed by atoms with Gasteiger partial charge in [-0.05, 0) is 41.8 Å². The van der Waals surface area contributed by atoms with E-state index in [2.05, 4.69) is 21.2 Å². The molecule has 1 aromatic heterocycles. The molecular formula is C13H17BrN2O2. The number of carbonyl (C=O) groups is 1. The lowest BCUT2D eigenvalue weighted by atomic mass is 10.2. The van der Waals surface area contributed by atoms with Crippen LogP contribution >= 0.6 is 15.9 Å². The summed E-state index contributed by atoms with van der Waals surface area (Å²) in [7, 11) is 0. The lowest BCUT2D eigenvalue weighted by Gasteiger charge is -2.13. The van der Waals surface area contributed by atoms with E-state index in [0.29, 0.717) is 11.6 Å². The van der Waals surface area contributed by atoms with Crippen LogP contribution in [0.5, 0.6) is 0 Å². The van der Waals surface area contributed by atoms with E-state index < -0.39 is 0 Å². The van der Waals surface area contributed by atoms with Crippen LogP contribution in [0.1, 0.15) is 31.2 Å². The molecule has 0 saturated heterocycles. The number of hydrogen-bond donors (Lipinski definition) is 1. The Balaban J connectivity index is 2.04. The fourth-order valence-corrected chi connectivity index (χ4v) is 2.95. The number of amides is 1. The fourth-order valence-electron chi connectivity index (χ4n) is 2.36. The molecule has 2 rings (SSSR count). The molecule has 0 bridgehead atoms. The summed E-state index contributed by atoms with van der Waals surface area (Å²) >= 11 is 3.33. The molecule has 1 amide bonds. The molecule has 18 heavy (non-hydrogen) atoms. The average Bonchev–Trinajstić information content (AvgIpc) is 2.77. The van der Waals surface area contributed by atoms with E-state index in [1.807, 2.05) is 0 Å². The van der Waals surface area contributed by atoms with E-state index >= 15 is 0 Å². The molecule has 0 aromatic carbocycles. The highest BCUT2D eigenvalue weighted by molar-refractivity contribution is 9.10. The molecule has 1 fully saturated rings. The number of aromatic nitrogens is 1. The van der Waals surface area contributed by atoms with Crippen LogP contribution in [-0.4, -0.2) is 16.5 Å². The Kier molecular flexibility index (Phi) is 4.22. The Morgan fingerprint density at radius 1 is 1.50 bits per heavy atom. The van der Waals surface area contributed by atoms with Crippen molar-refractivity contribution in [2.75, 3.05) is 0 Å². The zero-order valence-corrected chi connectivity index (χ0v) is 12.0. The highest BCUT2D eigenvalue weighted by Gasteiger charge is 2.17. The van der Waals surface area contributed by atoms with Crippen LogP contribution in [0.15, 0.2) is 21.5 Å². The van der Waals surface area contributed by atoms with Gasteiger partial charge in [-0.1, -0.05) is 12.8 Å². The summed E-state index contributed by atoms with van der Waals surface area (Å²) in [5.41, 5.74) is 0.526. The lowest BCUT2D eigenvalue weighted by molar-refractivity contribution is -0.122. The standard InChI is InChI=1S/C13H17BrN2O2/c1-9-6-10(14)7-16(13(9)18)8-12(17)15-11-4-2-3-5-11/h6-7,11H,2-5,8H2,1H3,(H,15,17). The maximum Gasteiger partial charge on any atom is 0.253 e. The maximum atomic E-state index is 11.9. The van der Waals surface area contributed by atoms with Gasteiger partial charge in [0.15, 0.2) is 0 Å². The number of carbonyl (C=O) groups excluding carboxylic acids is 1. The van der Waals surface area contributed by atoms with Gasteiger partial charge in [0.1, 0.15) is 6.54 Å². The van der Waals surface area contributed by atoms with Crippen molar-refractivity contribution >= 4 is 21.8 Å². The van der Waals surface area contributed by atoms with E-state index in [9.17, 15) is 9.59 Å². The minimum Gasteiger partial charge on any atom is -0.352 e. The van der Waals surface area contributed by atoms with E-state index in [-0.39, 0.29) is 18.0 Å². The van der Waals surface area contributed by atoms with Crippen LogP contribution in [-0.2, 0) is 11.3 Å². The highest BCUT2D eigenvalue weighted by Crippen LogP contribution is 2.17. The van der Waals surface area contributed by atoms with Crippen molar-refractivity contribution in [1.82, 2.24) is 9.88 Å². The van der Waals surface area contributed by atoms with Gasteiger partial charge >= 0.3 is 0 Å². The van der Waals surface area contributed by atoms with Crippen molar-refractivity contribution in [3.05, 3.63) is 32.7 Å². The molecule has 5 heteroatoms. The Labute approximate surface area is 115 Å². The quantitative estimate of drug-likeness (QED) is 0.928. The zero-order chi connectivity index (χ0) is 13.1. The Bertz CT molecular complexity index is 504. The first-order chi connectivity index (χ1) is 8.56. The highest BCUT2D eigenvalue weighted by atomic mass is 79.9. The summed E-state index contributed by atoms with van der Waals surface area (Å²) in [5, 5.41) is 2.98. The third-order valence-corrected chi connectivity index (χ3v) is 3.70. The van der Waals surface area contributed by atoms with Crippen molar-refractivity contribution in [2.24, 2.45) is 0 Å². The largest absolute Gasteiger partial charge is 0.352 e. The van der Waals surface area contributed by atoms with E-state index in [4.69, 9.17) is 0 Å². The molecular weight excluding hydrogens is 296 g/mol. The monoisotopic (exact) mass is 312 g/mol. The van der Waals surface area contributed by atoms with Crippen LogP contribution in [0.2, 0.25) is 0 Å². The second-order valence-corrected chi connectivity index (χ2v) is 5.74. The molecule has 0 atom stereocenters. The summed E-state index contributed by atoms with van der Waals surface area (Å²) in [6, 6.07) is 2.05. The second-order valence-electron chi connectivity index (χ2n) is 4.82. The van der Waals surface area contributed by atoms with Crippen LogP contribution in [0.4, 0.5) is 0 Å². The van der Waals surface area contributed by atoms with Crippen molar-refractivity contribution in [3.8, 4) is 0 Å². The van der Waals surface area contributed by atoms with Crippen molar-refractivity contribution in [1.29, 1.82) is 0 Å². The van der Waals surface area contributed by atoms with Gasteiger partial charge in [0.05, 0.1) is 0 Å². The first-order valence-corrected chi connectivity index (χ1v) is 7.01. The number of hydrogen-bond acceptors (Lipinski definition) is 2. The van der Waals surface area contributed by atoms with Crippen molar-refractivity contribution in [3.63, 3.8) is 0 Å². The molecule has 0 unspecified atom stereocenters. The molecule has 98 valence electrons. The minimum absolute atomic E-state index is 0.0819. The van der Waals surface area contributed by atoms with Crippen LogP contribution in [0.25, 0.3) is 0 Å². The normalized spacial score (nSPS) is 15.9. The van der Waals surface area contributed by atoms with E-state index in [1.165, 1.54) is 17.4 Å². The predicted octanol–water partition coefficient (Wildman–Crippen LogP) is 1.98. The van der Waals surface area contributed by atoms with Gasteiger partial charge in [0, 0.05) is 22.3 Å². The van der Waals surface area contributed by atoms with Gasteiger partial charge in [-0.3, -0.25) is 9.59 Å². The molecule has 1 aromatic rings. The summed E-state index contributed by atoms with van der Waals surface area (Å²) < 4.78 is 2.26. The third-order valence-electron chi connectivity index (χ3n) is 3.27. The average molecular weight is 313 g/mol. The molecule has 1 heterocycles. The first-order valence-electron chi connectivity index (χ1n) is 6.22. The first kappa shape index (κ1) is 13.3. The van der Waals surface area contributed by atoms with Crippen LogP contribution in [0, 0.1) is 6.92 Å². The maximum absolute atomic E-state index is 11.9. The third kappa shape index (κ3) is 3.22. The molecule has 1 aliphatic rings. The molecule has 1 aliphatic carbocycles. The van der Waals surface area contributed by atoms with Gasteiger partial charge in [-0.15, -0.1) is 0 Å². The minimum atomic E-state index is -0.111. The molecule has 1 saturated carbocycles. The van der Waals surface area contributed by atoms with Crippen LogP contribution < -0.4 is 10.9 Å². The van der Waals surface area contributed by atoms with Crippen molar-refractivity contribution in [2.45, 2.75) is 45.2 Å². The summed E-state index contributed by atoms with van der Waals surface area (Å²) in [6.07, 6.45) is 6.13. The predicted molar refractivity (Wildman–Crippen MR) is 73.5 cm³/mol. The molecule has 0 spiro atoms. The lowest BCUT2D eigenvalue weighted by Crippen LogP contribution is -2.37. The number of halogens is 1. The van der Waals surface area contributed by atoms with Crippen LogP contribution in [0.3, 0.4) is 0 Å². The Morgan fingerprint density at radius 2 is 2.17 bits per heavy atom. The number of pyridine rings is 1. The van der Waals surface area contributed by atoms with E-state index in [0.717, 1.165) is 17.3 Å². The van der Waals surface area contributed by atoms with Gasteiger partial charge in [0.2, 0.25) is 5.91 Å². The smallest absolute Gasteiger partial charge is 0.253 e. The molecule has 4 nitrogen and oxygen atoms in total. The summed E-state index contributed by atoms with van der Waals surface area (Å²) in [4.78, 5) is 23.7. The van der Waals surface area contributed by atoms with Crippen molar-refractivity contribution < 1.29 is 4.79 Å². The number of rotatable bonds is 3. The number of aryl methyl sites for hydroxylation is 1. The van der Waals surface area contributed by atoms with Gasteiger partial charge in [0.25, 0.3) is 5.56 Å². The van der Waals surface area contributed by atoms with Gasteiger partial charge < -0.3 is 9.88 Å². The number of nitrogens with zero attached hydrogens (tertiary/aromatic N) is 1. The summed E-state index contributed by atoms with van der Waals surface area (Å²) in [6.45, 7) is 1.84. The molecule has 0 radical (unpaired) electrons. The number of nitrogens with one attached hydrogen (secondary N) is 1. The van der Waals surface area contributed by atoms with Gasteiger partial charge in [-0.2, -0.15) is 0 Å². The fraction of sp³-hybridized carbons (Fsp3) is 0.538. The summed E-state index contributed by atoms with van der Waals surface area (Å²) in [5.74, 6) is -0.0819. The molecule has 1 N–H and O–H groups in total. The van der Waals surface area contributed by atoms with Gasteiger partial charge in [-0.25, -0.2) is 0 Å². The molecule has 0 aliphatic heterocycles. The van der Waals surface area contributed by atoms with E-state index in [1.54, 1.807) is 19.2 Å².